The minimum atomic E-state index is 0.200. The van der Waals surface area contributed by atoms with E-state index in [1.807, 2.05) is 50.2 Å². The van der Waals surface area contributed by atoms with Crippen molar-refractivity contribution < 1.29 is 10.2 Å². The van der Waals surface area contributed by atoms with E-state index in [0.717, 1.165) is 5.56 Å². The summed E-state index contributed by atoms with van der Waals surface area (Å²) in [6.07, 6.45) is 0. The molecule has 0 fully saturated rings. The fourth-order valence-electron chi connectivity index (χ4n) is 1.39. The van der Waals surface area contributed by atoms with Crippen LogP contribution >= 0.6 is 0 Å². The van der Waals surface area contributed by atoms with E-state index in [1.54, 1.807) is 6.07 Å². The van der Waals surface area contributed by atoms with Crippen LogP contribution in [0.3, 0.4) is 0 Å². The molecule has 0 saturated heterocycles. The molecule has 0 atom stereocenters. The monoisotopic (exact) mass is 230 g/mol. The van der Waals surface area contributed by atoms with Gasteiger partial charge in [-0.05, 0) is 24.1 Å². The normalized spacial score (nSPS) is 9.59. The molecule has 0 aliphatic rings. The molecule has 2 heteroatoms. The van der Waals surface area contributed by atoms with Crippen molar-refractivity contribution in [3.63, 3.8) is 0 Å². The lowest BCUT2D eigenvalue weighted by Crippen LogP contribution is -1.86. The molecule has 0 aliphatic heterocycles. The minimum absolute atomic E-state index is 0.200. The third kappa shape index (κ3) is 4.60. The van der Waals surface area contributed by atoms with Gasteiger partial charge in [0.05, 0.1) is 0 Å². The Bertz CT molecular complexity index is 409. The summed E-state index contributed by atoms with van der Waals surface area (Å²) in [5.74, 6) is 0.686. The molecule has 0 radical (unpaired) electrons. The highest BCUT2D eigenvalue weighted by Crippen LogP contribution is 2.28. The lowest BCUT2D eigenvalue weighted by molar-refractivity contribution is 0.451. The third-order valence-corrected chi connectivity index (χ3v) is 2.30. The Morgan fingerprint density at radius 2 is 1.29 bits per heavy atom. The van der Waals surface area contributed by atoms with Crippen LogP contribution in [0.15, 0.2) is 54.6 Å². The Labute approximate surface area is 102 Å². The lowest BCUT2D eigenvalue weighted by atomic mass is 10.0. The van der Waals surface area contributed by atoms with E-state index in [0.29, 0.717) is 0 Å². The van der Waals surface area contributed by atoms with Gasteiger partial charge in [-0.3, -0.25) is 0 Å². The fourth-order valence-corrected chi connectivity index (χ4v) is 1.39. The number of benzene rings is 2. The van der Waals surface area contributed by atoms with Crippen LogP contribution in [0.4, 0.5) is 0 Å². The molecule has 2 N–H and O–H groups in total. The summed E-state index contributed by atoms with van der Waals surface area (Å²) >= 11 is 0. The highest BCUT2D eigenvalue weighted by molar-refractivity contribution is 5.40. The third-order valence-electron chi connectivity index (χ3n) is 2.30. The van der Waals surface area contributed by atoms with Crippen molar-refractivity contribution in [3.8, 4) is 11.5 Å². The summed E-state index contributed by atoms with van der Waals surface area (Å²) in [6.45, 7) is 3.93. The molecular weight excluding hydrogens is 212 g/mol. The van der Waals surface area contributed by atoms with E-state index >= 15 is 0 Å². The quantitative estimate of drug-likeness (QED) is 0.729. The van der Waals surface area contributed by atoms with Gasteiger partial charge in [0.25, 0.3) is 0 Å². The SMILES string of the molecule is CC(C)c1cc(O)ccc1O.c1ccccc1. The number of hydrogen-bond acceptors (Lipinski definition) is 2. The van der Waals surface area contributed by atoms with Crippen LogP contribution in [-0.4, -0.2) is 10.2 Å². The largest absolute Gasteiger partial charge is 0.508 e. The summed E-state index contributed by atoms with van der Waals surface area (Å²) in [6, 6.07) is 16.6. The van der Waals surface area contributed by atoms with Crippen molar-refractivity contribution in [2.24, 2.45) is 0 Å². The molecule has 2 rings (SSSR count). The van der Waals surface area contributed by atoms with Crippen molar-refractivity contribution in [2.45, 2.75) is 19.8 Å². The van der Waals surface area contributed by atoms with E-state index in [-0.39, 0.29) is 17.4 Å². The number of phenols is 2. The molecule has 0 heterocycles. The van der Waals surface area contributed by atoms with Crippen LogP contribution in [0, 0.1) is 0 Å². The van der Waals surface area contributed by atoms with Gasteiger partial charge in [-0.1, -0.05) is 50.2 Å². The van der Waals surface area contributed by atoms with Gasteiger partial charge >= 0.3 is 0 Å². The second kappa shape index (κ2) is 6.59. The number of hydrogen-bond donors (Lipinski definition) is 2. The van der Waals surface area contributed by atoms with E-state index in [9.17, 15) is 5.11 Å². The van der Waals surface area contributed by atoms with Crippen LogP contribution in [0.2, 0.25) is 0 Å². The van der Waals surface area contributed by atoms with Gasteiger partial charge in [-0.25, -0.2) is 0 Å². The first-order valence-electron chi connectivity index (χ1n) is 5.63. The minimum Gasteiger partial charge on any atom is -0.508 e. The first-order chi connectivity index (χ1) is 8.11. The molecule has 2 aromatic carbocycles. The summed E-state index contributed by atoms with van der Waals surface area (Å²) in [7, 11) is 0. The van der Waals surface area contributed by atoms with Gasteiger partial charge < -0.3 is 10.2 Å². The first kappa shape index (κ1) is 13.1. The number of aromatic hydroxyl groups is 2. The van der Waals surface area contributed by atoms with Crippen molar-refractivity contribution in [3.05, 3.63) is 60.2 Å². The Hall–Kier alpha value is -1.96. The molecule has 2 aromatic rings. The van der Waals surface area contributed by atoms with Crippen LogP contribution < -0.4 is 0 Å². The highest BCUT2D eigenvalue weighted by Gasteiger charge is 2.05. The van der Waals surface area contributed by atoms with Gasteiger partial charge in [0.1, 0.15) is 11.5 Å². The number of phenolic OH excluding ortho intramolecular Hbond substituents is 2. The maximum atomic E-state index is 9.29. The molecular formula is C15H18O2. The van der Waals surface area contributed by atoms with Gasteiger partial charge in [0.15, 0.2) is 0 Å². The molecule has 0 aliphatic carbocycles. The van der Waals surface area contributed by atoms with Crippen LogP contribution in [-0.2, 0) is 0 Å². The standard InChI is InChI=1S/C9H12O2.C6H6/c1-6(2)8-5-7(10)3-4-9(8)11;1-2-4-6-5-3-1/h3-6,10-11H,1-2H3;1-6H. The van der Waals surface area contributed by atoms with E-state index in [1.165, 1.54) is 12.1 Å². The predicted molar refractivity (Wildman–Crippen MR) is 70.3 cm³/mol. The van der Waals surface area contributed by atoms with Gasteiger partial charge in [-0.2, -0.15) is 0 Å². The van der Waals surface area contributed by atoms with Crippen molar-refractivity contribution in [2.75, 3.05) is 0 Å². The summed E-state index contributed by atoms with van der Waals surface area (Å²) < 4.78 is 0. The number of rotatable bonds is 1. The highest BCUT2D eigenvalue weighted by atomic mass is 16.3. The van der Waals surface area contributed by atoms with Gasteiger partial charge in [-0.15, -0.1) is 0 Å². The zero-order chi connectivity index (χ0) is 12.7. The maximum absolute atomic E-state index is 9.29. The molecule has 0 unspecified atom stereocenters. The molecule has 0 amide bonds. The average Bonchev–Trinajstić information content (AvgIpc) is 2.35. The summed E-state index contributed by atoms with van der Waals surface area (Å²) in [5.41, 5.74) is 0.782. The molecule has 0 saturated carbocycles. The van der Waals surface area contributed by atoms with Crippen molar-refractivity contribution in [1.82, 2.24) is 0 Å². The smallest absolute Gasteiger partial charge is 0.119 e. The van der Waals surface area contributed by atoms with E-state index in [2.05, 4.69) is 0 Å². The predicted octanol–water partition coefficient (Wildman–Crippen LogP) is 3.91. The molecule has 17 heavy (non-hydrogen) atoms. The van der Waals surface area contributed by atoms with Crippen LogP contribution in [0.5, 0.6) is 11.5 Å². The summed E-state index contributed by atoms with van der Waals surface area (Å²) in [4.78, 5) is 0. The zero-order valence-electron chi connectivity index (χ0n) is 10.2. The Balaban J connectivity index is 0.000000202. The zero-order valence-corrected chi connectivity index (χ0v) is 10.2. The molecule has 0 bridgehead atoms. The second-order valence-corrected chi connectivity index (χ2v) is 4.05. The molecule has 2 nitrogen and oxygen atoms in total. The summed E-state index contributed by atoms with van der Waals surface area (Å²) in [5, 5.41) is 18.4. The van der Waals surface area contributed by atoms with Crippen molar-refractivity contribution >= 4 is 0 Å². The topological polar surface area (TPSA) is 40.5 Å². The van der Waals surface area contributed by atoms with Gasteiger partial charge in [0.2, 0.25) is 0 Å². The molecule has 90 valence electrons. The van der Waals surface area contributed by atoms with Crippen LogP contribution in [0.1, 0.15) is 25.3 Å². The first-order valence-corrected chi connectivity index (χ1v) is 5.63. The molecule has 0 aromatic heterocycles. The van der Waals surface area contributed by atoms with Crippen molar-refractivity contribution in [1.29, 1.82) is 0 Å². The maximum Gasteiger partial charge on any atom is 0.119 e. The van der Waals surface area contributed by atoms with E-state index < -0.39 is 0 Å². The second-order valence-electron chi connectivity index (χ2n) is 4.05. The Kier molecular flexibility index (Phi) is 5.08. The average molecular weight is 230 g/mol. The van der Waals surface area contributed by atoms with Gasteiger partial charge in [0, 0.05) is 5.56 Å². The van der Waals surface area contributed by atoms with E-state index in [4.69, 9.17) is 5.11 Å². The fraction of sp³-hybridized carbons (Fsp3) is 0.200. The molecule has 0 spiro atoms. The Morgan fingerprint density at radius 3 is 1.65 bits per heavy atom. The Morgan fingerprint density at radius 1 is 0.824 bits per heavy atom. The lowest BCUT2D eigenvalue weighted by Gasteiger charge is -2.07. The van der Waals surface area contributed by atoms with Crippen LogP contribution in [0.25, 0.3) is 0 Å².